The van der Waals surface area contributed by atoms with E-state index in [0.717, 1.165) is 18.7 Å². The highest BCUT2D eigenvalue weighted by atomic mass is 16.5. The zero-order chi connectivity index (χ0) is 12.5. The highest BCUT2D eigenvalue weighted by Crippen LogP contribution is 2.58. The average Bonchev–Trinajstić information content (AvgIpc) is 2.75. The zero-order valence-electron chi connectivity index (χ0n) is 10.8. The highest BCUT2D eigenvalue weighted by molar-refractivity contribution is 5.13. The monoisotopic (exact) mass is 239 g/mol. The van der Waals surface area contributed by atoms with E-state index in [9.17, 15) is 0 Å². The van der Waals surface area contributed by atoms with Crippen molar-refractivity contribution in [1.82, 2.24) is 10.1 Å². The van der Waals surface area contributed by atoms with Gasteiger partial charge in [0.2, 0.25) is 5.89 Å². The second kappa shape index (κ2) is 4.74. The Bertz CT molecular complexity index is 376. The average molecular weight is 239 g/mol. The molecule has 17 heavy (non-hydrogen) atoms. The van der Waals surface area contributed by atoms with E-state index in [1.165, 1.54) is 0 Å². The molecule has 1 aliphatic rings. The molecule has 1 fully saturated rings. The predicted molar refractivity (Wildman–Crippen MR) is 63.5 cm³/mol. The molecule has 0 spiro atoms. The van der Waals surface area contributed by atoms with Crippen molar-refractivity contribution in [3.63, 3.8) is 0 Å². The number of nitrogens with zero attached hydrogens (tertiary/aromatic N) is 2. The fourth-order valence-electron chi connectivity index (χ4n) is 1.86. The lowest BCUT2D eigenvalue weighted by molar-refractivity contribution is 0.119. The van der Waals surface area contributed by atoms with Crippen molar-refractivity contribution >= 4 is 0 Å². The van der Waals surface area contributed by atoms with Crippen molar-refractivity contribution in [3.8, 4) is 0 Å². The fourth-order valence-corrected chi connectivity index (χ4v) is 1.86. The predicted octanol–water partition coefficient (Wildman–Crippen LogP) is 2.01. The van der Waals surface area contributed by atoms with Gasteiger partial charge < -0.3 is 15.0 Å². The molecule has 1 aliphatic carbocycles. The molecule has 96 valence electrons. The SMILES string of the molecule is CCCOCC(N)c1noc(C2CC2(C)C)n1. The van der Waals surface area contributed by atoms with Gasteiger partial charge in [-0.1, -0.05) is 25.9 Å². The lowest BCUT2D eigenvalue weighted by Crippen LogP contribution is -2.18. The molecular weight excluding hydrogens is 218 g/mol. The molecule has 5 nitrogen and oxygen atoms in total. The van der Waals surface area contributed by atoms with Crippen LogP contribution in [0.4, 0.5) is 0 Å². The minimum atomic E-state index is -0.291. The minimum absolute atomic E-state index is 0.291. The minimum Gasteiger partial charge on any atom is -0.379 e. The molecule has 0 aromatic carbocycles. The number of hydrogen-bond acceptors (Lipinski definition) is 5. The summed E-state index contributed by atoms with van der Waals surface area (Å²) in [5.41, 5.74) is 6.23. The summed E-state index contributed by atoms with van der Waals surface area (Å²) in [6.07, 6.45) is 2.09. The van der Waals surface area contributed by atoms with Crippen molar-refractivity contribution in [2.24, 2.45) is 11.1 Å². The van der Waals surface area contributed by atoms with E-state index in [-0.39, 0.29) is 6.04 Å². The Morgan fingerprint density at radius 3 is 2.88 bits per heavy atom. The van der Waals surface area contributed by atoms with Crippen LogP contribution in [0, 0.1) is 5.41 Å². The van der Waals surface area contributed by atoms with Crippen molar-refractivity contribution in [2.75, 3.05) is 13.2 Å². The standard InChI is InChI=1S/C12H21N3O2/c1-4-5-16-7-9(13)10-14-11(17-15-10)8-6-12(8,2)3/h8-9H,4-7,13H2,1-3H3. The van der Waals surface area contributed by atoms with Gasteiger partial charge in [-0.25, -0.2) is 0 Å². The summed E-state index contributed by atoms with van der Waals surface area (Å²) < 4.78 is 10.6. The molecular formula is C12H21N3O2. The molecule has 0 amide bonds. The summed E-state index contributed by atoms with van der Waals surface area (Å²) in [6, 6.07) is -0.291. The Morgan fingerprint density at radius 2 is 2.29 bits per heavy atom. The van der Waals surface area contributed by atoms with E-state index in [1.807, 2.05) is 0 Å². The molecule has 0 aliphatic heterocycles. The van der Waals surface area contributed by atoms with Crippen LogP contribution in [0.5, 0.6) is 0 Å². The van der Waals surface area contributed by atoms with E-state index in [0.29, 0.717) is 30.4 Å². The molecule has 2 rings (SSSR count). The van der Waals surface area contributed by atoms with E-state index in [2.05, 4.69) is 30.9 Å². The molecule has 1 saturated carbocycles. The van der Waals surface area contributed by atoms with Crippen LogP contribution in [-0.4, -0.2) is 23.4 Å². The van der Waals surface area contributed by atoms with Gasteiger partial charge in [0.05, 0.1) is 12.6 Å². The molecule has 2 unspecified atom stereocenters. The summed E-state index contributed by atoms with van der Waals surface area (Å²) in [4.78, 5) is 4.36. The maximum Gasteiger partial charge on any atom is 0.230 e. The quantitative estimate of drug-likeness (QED) is 0.769. The molecule has 2 N–H and O–H groups in total. The van der Waals surface area contributed by atoms with Crippen LogP contribution in [-0.2, 0) is 4.74 Å². The summed E-state index contributed by atoms with van der Waals surface area (Å²) >= 11 is 0. The number of nitrogens with two attached hydrogens (primary N) is 1. The summed E-state index contributed by atoms with van der Waals surface area (Å²) in [7, 11) is 0. The Hall–Kier alpha value is -0.940. The fraction of sp³-hybridized carbons (Fsp3) is 0.833. The van der Waals surface area contributed by atoms with Crippen molar-refractivity contribution < 1.29 is 9.26 Å². The van der Waals surface area contributed by atoms with Gasteiger partial charge in [-0.2, -0.15) is 4.98 Å². The molecule has 2 atom stereocenters. The molecule has 1 aromatic rings. The van der Waals surface area contributed by atoms with Crippen LogP contribution < -0.4 is 5.73 Å². The second-order valence-corrected chi connectivity index (χ2v) is 5.42. The summed E-state index contributed by atoms with van der Waals surface area (Å²) in [5.74, 6) is 1.67. The maximum atomic E-state index is 5.93. The van der Waals surface area contributed by atoms with Crippen molar-refractivity contribution in [1.29, 1.82) is 0 Å². The van der Waals surface area contributed by atoms with Gasteiger partial charge >= 0.3 is 0 Å². The van der Waals surface area contributed by atoms with Crippen LogP contribution in [0.1, 0.15) is 57.3 Å². The largest absolute Gasteiger partial charge is 0.379 e. The Morgan fingerprint density at radius 1 is 1.59 bits per heavy atom. The van der Waals surface area contributed by atoms with E-state index in [1.54, 1.807) is 0 Å². The summed E-state index contributed by atoms with van der Waals surface area (Å²) in [5, 5.41) is 3.93. The third-order valence-corrected chi connectivity index (χ3v) is 3.25. The topological polar surface area (TPSA) is 74.2 Å². The van der Waals surface area contributed by atoms with Gasteiger partial charge in [-0.05, 0) is 18.3 Å². The van der Waals surface area contributed by atoms with Crippen molar-refractivity contribution in [3.05, 3.63) is 11.7 Å². The number of hydrogen-bond donors (Lipinski definition) is 1. The highest BCUT2D eigenvalue weighted by Gasteiger charge is 2.50. The zero-order valence-corrected chi connectivity index (χ0v) is 10.8. The first-order valence-electron chi connectivity index (χ1n) is 6.21. The summed E-state index contributed by atoms with van der Waals surface area (Å²) in [6.45, 7) is 7.62. The van der Waals surface area contributed by atoms with Gasteiger partial charge in [-0.15, -0.1) is 0 Å². The van der Waals surface area contributed by atoms with E-state index < -0.39 is 0 Å². The Labute approximate surface area is 102 Å². The van der Waals surface area contributed by atoms with Crippen LogP contribution in [0.15, 0.2) is 4.52 Å². The first-order chi connectivity index (χ1) is 8.04. The molecule has 0 bridgehead atoms. The third kappa shape index (κ3) is 2.84. The van der Waals surface area contributed by atoms with Crippen LogP contribution in [0.3, 0.4) is 0 Å². The normalized spacial score (nSPS) is 23.6. The maximum absolute atomic E-state index is 5.93. The first kappa shape index (κ1) is 12.5. The number of rotatable bonds is 6. The first-order valence-corrected chi connectivity index (χ1v) is 6.21. The van der Waals surface area contributed by atoms with E-state index >= 15 is 0 Å². The molecule has 1 aromatic heterocycles. The van der Waals surface area contributed by atoms with Crippen LogP contribution >= 0.6 is 0 Å². The smallest absolute Gasteiger partial charge is 0.230 e. The second-order valence-electron chi connectivity index (χ2n) is 5.42. The van der Waals surface area contributed by atoms with Crippen LogP contribution in [0.25, 0.3) is 0 Å². The Kier molecular flexibility index (Phi) is 3.49. The number of ether oxygens (including phenoxy) is 1. The Balaban J connectivity index is 1.89. The third-order valence-electron chi connectivity index (χ3n) is 3.25. The van der Waals surface area contributed by atoms with Gasteiger partial charge in [0, 0.05) is 12.5 Å². The van der Waals surface area contributed by atoms with Gasteiger partial charge in [0.15, 0.2) is 5.82 Å². The van der Waals surface area contributed by atoms with E-state index in [4.69, 9.17) is 15.0 Å². The lowest BCUT2D eigenvalue weighted by atomic mass is 10.1. The lowest BCUT2D eigenvalue weighted by Gasteiger charge is -2.06. The van der Waals surface area contributed by atoms with Crippen molar-refractivity contribution in [2.45, 2.75) is 45.6 Å². The van der Waals surface area contributed by atoms with Gasteiger partial charge in [0.25, 0.3) is 0 Å². The molecule has 0 radical (unpaired) electrons. The van der Waals surface area contributed by atoms with Gasteiger partial charge in [-0.3, -0.25) is 0 Å². The molecule has 0 saturated heterocycles. The van der Waals surface area contributed by atoms with Crippen LogP contribution in [0.2, 0.25) is 0 Å². The molecule has 5 heteroatoms. The van der Waals surface area contributed by atoms with Gasteiger partial charge in [0.1, 0.15) is 0 Å². The molecule has 1 heterocycles. The number of aromatic nitrogens is 2.